The summed E-state index contributed by atoms with van der Waals surface area (Å²) < 4.78 is 1.00. The first kappa shape index (κ1) is 12.3. The van der Waals surface area contributed by atoms with E-state index in [1.807, 2.05) is 6.92 Å². The minimum atomic E-state index is 0.731. The first-order chi connectivity index (χ1) is 7.07. The van der Waals surface area contributed by atoms with Gasteiger partial charge in [-0.1, -0.05) is 13.3 Å². The van der Waals surface area contributed by atoms with E-state index in [9.17, 15) is 0 Å². The summed E-state index contributed by atoms with van der Waals surface area (Å²) in [5, 5.41) is 0. The van der Waals surface area contributed by atoms with E-state index in [2.05, 4.69) is 39.8 Å². The predicted octanol–water partition coefficient (Wildman–Crippen LogP) is 2.97. The van der Waals surface area contributed by atoms with Crippen molar-refractivity contribution < 1.29 is 0 Å². The number of hydrogen-bond acceptors (Lipinski definition) is 3. The second kappa shape index (κ2) is 5.35. The Bertz CT molecular complexity index is 339. The molecule has 0 aromatic carbocycles. The number of unbranched alkanes of at least 4 members (excludes halogenated alkanes) is 1. The van der Waals surface area contributed by atoms with Gasteiger partial charge in [-0.05, 0) is 34.8 Å². The topological polar surface area (TPSA) is 42.2 Å². The Balaban J connectivity index is 2.90. The molecule has 0 aliphatic heterocycles. The lowest BCUT2D eigenvalue weighted by atomic mass is 10.2. The molecule has 0 spiro atoms. The largest absolute Gasteiger partial charge is 0.397 e. The van der Waals surface area contributed by atoms with Crippen LogP contribution >= 0.6 is 15.9 Å². The van der Waals surface area contributed by atoms with Crippen molar-refractivity contribution in [3.63, 3.8) is 0 Å². The van der Waals surface area contributed by atoms with Crippen molar-refractivity contribution in [1.82, 2.24) is 4.98 Å². The van der Waals surface area contributed by atoms with Crippen LogP contribution in [0.25, 0.3) is 0 Å². The van der Waals surface area contributed by atoms with Gasteiger partial charge in [0.15, 0.2) is 0 Å². The van der Waals surface area contributed by atoms with Gasteiger partial charge in [0.2, 0.25) is 0 Å². The molecule has 15 heavy (non-hydrogen) atoms. The van der Waals surface area contributed by atoms with E-state index in [0.717, 1.165) is 28.1 Å². The van der Waals surface area contributed by atoms with Gasteiger partial charge >= 0.3 is 0 Å². The average Bonchev–Trinajstić information content (AvgIpc) is 2.23. The van der Waals surface area contributed by atoms with Crippen molar-refractivity contribution in [2.75, 3.05) is 24.2 Å². The molecule has 0 saturated carbocycles. The molecule has 1 aromatic heterocycles. The molecule has 0 aliphatic carbocycles. The minimum absolute atomic E-state index is 0.731. The first-order valence-corrected chi connectivity index (χ1v) is 5.99. The lowest BCUT2D eigenvalue weighted by molar-refractivity contribution is 0.758. The minimum Gasteiger partial charge on any atom is -0.397 e. The average molecular weight is 272 g/mol. The molecule has 2 N–H and O–H groups in total. The van der Waals surface area contributed by atoms with Crippen LogP contribution in [0, 0.1) is 6.92 Å². The van der Waals surface area contributed by atoms with Crippen LogP contribution in [0.4, 0.5) is 11.5 Å². The Morgan fingerprint density at radius 2 is 2.20 bits per heavy atom. The molecule has 0 atom stereocenters. The standard InChI is InChI=1S/C11H18BrN3/c1-4-5-6-15(3)11-10(12)8(2)9(13)7-14-11/h7H,4-6,13H2,1-3H3. The number of nitrogens with two attached hydrogens (primary N) is 1. The van der Waals surface area contributed by atoms with Crippen LogP contribution in [-0.2, 0) is 0 Å². The summed E-state index contributed by atoms with van der Waals surface area (Å²) in [5.41, 5.74) is 7.57. The van der Waals surface area contributed by atoms with Crippen molar-refractivity contribution in [1.29, 1.82) is 0 Å². The van der Waals surface area contributed by atoms with Crippen LogP contribution in [0.5, 0.6) is 0 Å². The SMILES string of the molecule is CCCCN(C)c1ncc(N)c(C)c1Br. The number of rotatable bonds is 4. The van der Waals surface area contributed by atoms with E-state index < -0.39 is 0 Å². The van der Waals surface area contributed by atoms with Crippen LogP contribution in [0.3, 0.4) is 0 Å². The summed E-state index contributed by atoms with van der Waals surface area (Å²) in [6.07, 6.45) is 4.09. The molecule has 0 bridgehead atoms. The smallest absolute Gasteiger partial charge is 0.143 e. The lowest BCUT2D eigenvalue weighted by Crippen LogP contribution is -2.20. The number of aromatic nitrogens is 1. The van der Waals surface area contributed by atoms with Gasteiger partial charge in [0.05, 0.1) is 16.4 Å². The third-order valence-corrected chi connectivity index (χ3v) is 3.44. The molecule has 0 saturated heterocycles. The van der Waals surface area contributed by atoms with Crippen LogP contribution < -0.4 is 10.6 Å². The maximum Gasteiger partial charge on any atom is 0.143 e. The highest BCUT2D eigenvalue weighted by Gasteiger charge is 2.10. The molecule has 1 aromatic rings. The molecule has 84 valence electrons. The molecular weight excluding hydrogens is 254 g/mol. The molecule has 3 nitrogen and oxygen atoms in total. The Kier molecular flexibility index (Phi) is 4.39. The van der Waals surface area contributed by atoms with Gasteiger partial charge in [-0.2, -0.15) is 0 Å². The van der Waals surface area contributed by atoms with Gasteiger partial charge in [-0.25, -0.2) is 4.98 Å². The second-order valence-corrected chi connectivity index (χ2v) is 4.54. The zero-order chi connectivity index (χ0) is 11.4. The number of nitrogens with zero attached hydrogens (tertiary/aromatic N) is 2. The zero-order valence-corrected chi connectivity index (χ0v) is 11.1. The highest BCUT2D eigenvalue weighted by atomic mass is 79.9. The van der Waals surface area contributed by atoms with Crippen molar-refractivity contribution in [2.24, 2.45) is 0 Å². The highest BCUT2D eigenvalue weighted by Crippen LogP contribution is 2.29. The number of hydrogen-bond donors (Lipinski definition) is 1. The Morgan fingerprint density at radius 3 is 2.80 bits per heavy atom. The van der Waals surface area contributed by atoms with Gasteiger partial charge in [-0.15, -0.1) is 0 Å². The maximum atomic E-state index is 5.78. The van der Waals surface area contributed by atoms with Crippen molar-refractivity contribution in [3.05, 3.63) is 16.2 Å². The van der Waals surface area contributed by atoms with Gasteiger partial charge in [0.1, 0.15) is 5.82 Å². The van der Waals surface area contributed by atoms with Crippen molar-refractivity contribution in [3.8, 4) is 0 Å². The first-order valence-electron chi connectivity index (χ1n) is 5.19. The van der Waals surface area contributed by atoms with Gasteiger partial charge < -0.3 is 10.6 Å². The quantitative estimate of drug-likeness (QED) is 0.916. The predicted molar refractivity (Wildman–Crippen MR) is 69.3 cm³/mol. The normalized spacial score (nSPS) is 10.4. The monoisotopic (exact) mass is 271 g/mol. The highest BCUT2D eigenvalue weighted by molar-refractivity contribution is 9.10. The molecule has 0 aliphatic rings. The number of halogens is 1. The fraction of sp³-hybridized carbons (Fsp3) is 0.545. The van der Waals surface area contributed by atoms with Crippen molar-refractivity contribution >= 4 is 27.4 Å². The van der Waals surface area contributed by atoms with E-state index in [1.54, 1.807) is 6.20 Å². The number of pyridine rings is 1. The second-order valence-electron chi connectivity index (χ2n) is 3.75. The van der Waals surface area contributed by atoms with E-state index >= 15 is 0 Å². The number of nitrogen functional groups attached to an aromatic ring is 1. The fourth-order valence-corrected chi connectivity index (χ4v) is 1.98. The van der Waals surface area contributed by atoms with Gasteiger partial charge in [0, 0.05) is 13.6 Å². The Morgan fingerprint density at radius 1 is 1.53 bits per heavy atom. The van der Waals surface area contributed by atoms with Crippen LogP contribution in [0.1, 0.15) is 25.3 Å². The molecule has 0 amide bonds. The van der Waals surface area contributed by atoms with Crippen LogP contribution in [0.2, 0.25) is 0 Å². The fourth-order valence-electron chi connectivity index (χ4n) is 1.35. The van der Waals surface area contributed by atoms with Crippen LogP contribution in [-0.4, -0.2) is 18.6 Å². The third kappa shape index (κ3) is 2.84. The van der Waals surface area contributed by atoms with Gasteiger partial charge in [-0.3, -0.25) is 0 Å². The van der Waals surface area contributed by atoms with E-state index in [-0.39, 0.29) is 0 Å². The molecule has 1 heterocycles. The van der Waals surface area contributed by atoms with Gasteiger partial charge in [0.25, 0.3) is 0 Å². The summed E-state index contributed by atoms with van der Waals surface area (Å²) in [5.74, 6) is 0.968. The summed E-state index contributed by atoms with van der Waals surface area (Å²) >= 11 is 3.54. The summed E-state index contributed by atoms with van der Waals surface area (Å²) in [6, 6.07) is 0. The van der Waals surface area contributed by atoms with Crippen molar-refractivity contribution in [2.45, 2.75) is 26.7 Å². The summed E-state index contributed by atoms with van der Waals surface area (Å²) in [7, 11) is 2.05. The Labute approximate surface area is 99.8 Å². The molecular formula is C11H18BrN3. The van der Waals surface area contributed by atoms with E-state index in [1.165, 1.54) is 12.8 Å². The van der Waals surface area contributed by atoms with E-state index in [4.69, 9.17) is 5.73 Å². The molecule has 0 radical (unpaired) electrons. The maximum absolute atomic E-state index is 5.78. The van der Waals surface area contributed by atoms with Crippen LogP contribution in [0.15, 0.2) is 10.7 Å². The van der Waals surface area contributed by atoms with E-state index in [0.29, 0.717) is 0 Å². The summed E-state index contributed by atoms with van der Waals surface area (Å²) in [6.45, 7) is 5.20. The number of anilines is 2. The molecule has 0 fully saturated rings. The third-order valence-electron chi connectivity index (χ3n) is 2.49. The Hall–Kier alpha value is -0.770. The zero-order valence-electron chi connectivity index (χ0n) is 9.55. The summed E-state index contributed by atoms with van der Waals surface area (Å²) in [4.78, 5) is 6.50. The molecule has 1 rings (SSSR count). The lowest BCUT2D eigenvalue weighted by Gasteiger charge is -2.20. The molecule has 0 unspecified atom stereocenters. The molecule has 4 heteroatoms.